The van der Waals surface area contributed by atoms with Crippen LogP contribution < -0.4 is 10.6 Å². The third kappa shape index (κ3) is 3.58. The third-order valence-electron chi connectivity index (χ3n) is 3.55. The van der Waals surface area contributed by atoms with Gasteiger partial charge in [0.1, 0.15) is 5.82 Å². The van der Waals surface area contributed by atoms with E-state index in [1.807, 2.05) is 12.1 Å². The Labute approximate surface area is 134 Å². The topological polar surface area (TPSA) is 67.2 Å². The molecule has 5 nitrogen and oxygen atoms in total. The number of aromatic nitrogens is 1. The number of benzene rings is 1. The minimum atomic E-state index is -0.299. The summed E-state index contributed by atoms with van der Waals surface area (Å²) in [5.41, 5.74) is 4.06. The van der Waals surface area contributed by atoms with Crippen LogP contribution in [0.1, 0.15) is 21.7 Å². The Morgan fingerprint density at radius 2 is 1.87 bits per heavy atom. The van der Waals surface area contributed by atoms with Gasteiger partial charge in [0.15, 0.2) is 5.76 Å². The number of nitrogens with one attached hydrogen (secondary N) is 2. The van der Waals surface area contributed by atoms with E-state index in [9.17, 15) is 4.79 Å². The molecular formula is C18H17N3O2. The van der Waals surface area contributed by atoms with Crippen molar-refractivity contribution in [2.45, 2.75) is 13.8 Å². The number of hydrogen-bond acceptors (Lipinski definition) is 4. The number of furan rings is 1. The number of nitrogens with zero attached hydrogens (tertiary/aromatic N) is 1. The SMILES string of the molecule is Cc1ccc(Nc2ccc(NC(=O)c3ccco3)cn2)cc1C. The van der Waals surface area contributed by atoms with Crippen LogP contribution in [-0.2, 0) is 0 Å². The summed E-state index contributed by atoms with van der Waals surface area (Å²) in [5, 5.41) is 5.97. The Morgan fingerprint density at radius 1 is 1.04 bits per heavy atom. The van der Waals surface area contributed by atoms with Gasteiger partial charge in [-0.05, 0) is 61.4 Å². The minimum Gasteiger partial charge on any atom is -0.459 e. The van der Waals surface area contributed by atoms with Crippen molar-refractivity contribution in [3.63, 3.8) is 0 Å². The highest BCUT2D eigenvalue weighted by atomic mass is 16.3. The number of anilines is 3. The van der Waals surface area contributed by atoms with Crippen molar-refractivity contribution >= 4 is 23.1 Å². The largest absolute Gasteiger partial charge is 0.459 e. The van der Waals surface area contributed by atoms with Gasteiger partial charge >= 0.3 is 0 Å². The van der Waals surface area contributed by atoms with E-state index in [2.05, 4.69) is 41.6 Å². The summed E-state index contributed by atoms with van der Waals surface area (Å²) in [5.74, 6) is 0.679. The summed E-state index contributed by atoms with van der Waals surface area (Å²) >= 11 is 0. The Morgan fingerprint density at radius 3 is 2.52 bits per heavy atom. The zero-order chi connectivity index (χ0) is 16.2. The van der Waals surface area contributed by atoms with Crippen LogP contribution in [0.3, 0.4) is 0 Å². The van der Waals surface area contributed by atoms with Crippen LogP contribution in [-0.4, -0.2) is 10.9 Å². The van der Waals surface area contributed by atoms with Gasteiger partial charge in [0, 0.05) is 5.69 Å². The van der Waals surface area contributed by atoms with Gasteiger partial charge in [-0.25, -0.2) is 4.98 Å². The number of aryl methyl sites for hydroxylation is 2. The second kappa shape index (κ2) is 6.36. The van der Waals surface area contributed by atoms with Gasteiger partial charge in [-0.15, -0.1) is 0 Å². The average Bonchev–Trinajstić information content (AvgIpc) is 3.07. The minimum absolute atomic E-state index is 0.266. The summed E-state index contributed by atoms with van der Waals surface area (Å²) in [6, 6.07) is 13.0. The Bertz CT molecular complexity index is 809. The molecule has 0 aliphatic heterocycles. The molecule has 0 saturated carbocycles. The zero-order valence-electron chi connectivity index (χ0n) is 13.0. The Kier molecular flexibility index (Phi) is 4.10. The van der Waals surface area contributed by atoms with Crippen molar-refractivity contribution in [3.8, 4) is 0 Å². The molecule has 0 aliphatic rings. The van der Waals surface area contributed by atoms with Crippen LogP contribution in [0.15, 0.2) is 59.3 Å². The molecule has 0 saturated heterocycles. The first-order chi connectivity index (χ1) is 11.1. The molecule has 0 atom stereocenters. The molecule has 3 rings (SSSR count). The fourth-order valence-corrected chi connectivity index (χ4v) is 2.11. The second-order valence-electron chi connectivity index (χ2n) is 5.29. The quantitative estimate of drug-likeness (QED) is 0.754. The van der Waals surface area contributed by atoms with Crippen LogP contribution >= 0.6 is 0 Å². The highest BCUT2D eigenvalue weighted by Crippen LogP contribution is 2.19. The highest BCUT2D eigenvalue weighted by Gasteiger charge is 2.08. The molecule has 0 fully saturated rings. The normalized spacial score (nSPS) is 10.3. The maximum atomic E-state index is 11.9. The molecule has 0 aliphatic carbocycles. The van der Waals surface area contributed by atoms with Crippen molar-refractivity contribution < 1.29 is 9.21 Å². The molecule has 0 unspecified atom stereocenters. The molecule has 2 heterocycles. The summed E-state index contributed by atoms with van der Waals surface area (Å²) in [6.07, 6.45) is 3.06. The lowest BCUT2D eigenvalue weighted by Gasteiger charge is -2.09. The van der Waals surface area contributed by atoms with E-state index < -0.39 is 0 Å². The van der Waals surface area contributed by atoms with Crippen molar-refractivity contribution in [2.24, 2.45) is 0 Å². The number of carbonyl (C=O) groups is 1. The van der Waals surface area contributed by atoms with Crippen molar-refractivity contribution in [1.82, 2.24) is 4.98 Å². The van der Waals surface area contributed by atoms with Crippen LogP contribution in [0.2, 0.25) is 0 Å². The molecule has 0 bridgehead atoms. The van der Waals surface area contributed by atoms with E-state index in [4.69, 9.17) is 4.42 Å². The monoisotopic (exact) mass is 307 g/mol. The van der Waals surface area contributed by atoms with Gasteiger partial charge < -0.3 is 15.1 Å². The van der Waals surface area contributed by atoms with Crippen molar-refractivity contribution in [3.05, 3.63) is 71.8 Å². The van der Waals surface area contributed by atoms with Crippen LogP contribution in [0.5, 0.6) is 0 Å². The predicted octanol–water partition coefficient (Wildman–Crippen LogP) is 4.29. The van der Waals surface area contributed by atoms with E-state index in [1.165, 1.54) is 17.4 Å². The first-order valence-electron chi connectivity index (χ1n) is 7.27. The van der Waals surface area contributed by atoms with Crippen LogP contribution in [0.25, 0.3) is 0 Å². The van der Waals surface area contributed by atoms with E-state index in [0.29, 0.717) is 11.5 Å². The Balaban J connectivity index is 1.67. The lowest BCUT2D eigenvalue weighted by atomic mass is 10.1. The van der Waals surface area contributed by atoms with Crippen LogP contribution in [0.4, 0.5) is 17.2 Å². The van der Waals surface area contributed by atoms with Crippen LogP contribution in [0, 0.1) is 13.8 Å². The number of pyridine rings is 1. The molecule has 1 aromatic carbocycles. The second-order valence-corrected chi connectivity index (χ2v) is 5.29. The van der Waals surface area contributed by atoms with E-state index in [-0.39, 0.29) is 11.7 Å². The lowest BCUT2D eigenvalue weighted by Crippen LogP contribution is -2.11. The first-order valence-corrected chi connectivity index (χ1v) is 7.27. The summed E-state index contributed by atoms with van der Waals surface area (Å²) in [4.78, 5) is 16.2. The van der Waals surface area contributed by atoms with Gasteiger partial charge in [-0.3, -0.25) is 4.79 Å². The highest BCUT2D eigenvalue weighted by molar-refractivity contribution is 6.02. The summed E-state index contributed by atoms with van der Waals surface area (Å²) in [7, 11) is 0. The maximum Gasteiger partial charge on any atom is 0.291 e. The summed E-state index contributed by atoms with van der Waals surface area (Å²) < 4.78 is 5.05. The molecule has 3 aromatic rings. The first kappa shape index (κ1) is 14.8. The van der Waals surface area contributed by atoms with Gasteiger partial charge in [-0.2, -0.15) is 0 Å². The standard InChI is InChI=1S/C18H17N3O2/c1-12-5-6-14(10-13(12)2)20-17-8-7-15(11-19-17)21-18(22)16-4-3-9-23-16/h3-11H,1-2H3,(H,19,20)(H,21,22). The average molecular weight is 307 g/mol. The zero-order valence-corrected chi connectivity index (χ0v) is 13.0. The molecule has 0 spiro atoms. The Hall–Kier alpha value is -3.08. The van der Waals surface area contributed by atoms with E-state index in [1.54, 1.807) is 24.4 Å². The number of rotatable bonds is 4. The molecule has 5 heteroatoms. The van der Waals surface area contributed by atoms with Gasteiger partial charge in [0.25, 0.3) is 5.91 Å². The molecule has 0 radical (unpaired) electrons. The molecule has 116 valence electrons. The van der Waals surface area contributed by atoms with Crippen molar-refractivity contribution in [1.29, 1.82) is 0 Å². The van der Waals surface area contributed by atoms with Gasteiger partial charge in [0.2, 0.25) is 0 Å². The molecule has 1 amide bonds. The van der Waals surface area contributed by atoms with Crippen molar-refractivity contribution in [2.75, 3.05) is 10.6 Å². The number of carbonyl (C=O) groups excluding carboxylic acids is 1. The van der Waals surface area contributed by atoms with E-state index in [0.717, 1.165) is 5.69 Å². The maximum absolute atomic E-state index is 11.9. The van der Waals surface area contributed by atoms with Gasteiger partial charge in [0.05, 0.1) is 18.1 Å². The molecular weight excluding hydrogens is 290 g/mol. The molecule has 2 aromatic heterocycles. The number of hydrogen-bond donors (Lipinski definition) is 2. The van der Waals surface area contributed by atoms with E-state index >= 15 is 0 Å². The lowest BCUT2D eigenvalue weighted by molar-refractivity contribution is 0.0996. The third-order valence-corrected chi connectivity index (χ3v) is 3.55. The predicted molar refractivity (Wildman–Crippen MR) is 90.1 cm³/mol. The smallest absolute Gasteiger partial charge is 0.291 e. The fraction of sp³-hybridized carbons (Fsp3) is 0.111. The number of amides is 1. The molecule has 23 heavy (non-hydrogen) atoms. The summed E-state index contributed by atoms with van der Waals surface area (Å²) in [6.45, 7) is 4.15. The fourth-order valence-electron chi connectivity index (χ4n) is 2.11. The van der Waals surface area contributed by atoms with Gasteiger partial charge in [-0.1, -0.05) is 6.07 Å². The molecule has 2 N–H and O–H groups in total.